The van der Waals surface area contributed by atoms with Gasteiger partial charge in [-0.1, -0.05) is 11.6 Å². The highest BCUT2D eigenvalue weighted by Gasteiger charge is 2.05. The van der Waals surface area contributed by atoms with Gasteiger partial charge in [0.1, 0.15) is 6.07 Å². The molecule has 0 bridgehead atoms. The number of anilines is 1. The van der Waals surface area contributed by atoms with Crippen molar-refractivity contribution in [2.24, 2.45) is 5.73 Å². The fraction of sp³-hybridized carbons (Fsp3) is 0.0769. The molecular weight excluding hydrogens is 282 g/mol. The molecule has 0 saturated carbocycles. The van der Waals surface area contributed by atoms with Crippen molar-refractivity contribution in [2.75, 3.05) is 5.32 Å². The molecule has 96 valence electrons. The quantitative estimate of drug-likeness (QED) is 0.909. The third-order valence-corrected chi connectivity index (χ3v) is 3.74. The van der Waals surface area contributed by atoms with Crippen LogP contribution in [-0.2, 0) is 6.54 Å². The number of nitrogens with two attached hydrogens (primary N) is 1. The van der Waals surface area contributed by atoms with Gasteiger partial charge in [0.15, 0.2) is 0 Å². The van der Waals surface area contributed by atoms with Gasteiger partial charge in [0.05, 0.1) is 16.1 Å². The standard InChI is InChI=1S/C13H10ClN3OS/c14-12-4-10(2-1-8(12)5-15)17-6-11-3-9(7-19-11)13(16)18/h1-4,7,17H,6H2,(H2,16,18). The van der Waals surface area contributed by atoms with Crippen LogP contribution in [0.1, 0.15) is 20.8 Å². The number of nitrogens with one attached hydrogen (secondary N) is 1. The molecule has 0 radical (unpaired) electrons. The molecule has 1 amide bonds. The maximum atomic E-state index is 11.0. The zero-order valence-electron chi connectivity index (χ0n) is 9.81. The first-order valence-electron chi connectivity index (χ1n) is 5.41. The van der Waals surface area contributed by atoms with E-state index in [9.17, 15) is 4.79 Å². The topological polar surface area (TPSA) is 78.9 Å². The van der Waals surface area contributed by atoms with E-state index in [2.05, 4.69) is 5.32 Å². The van der Waals surface area contributed by atoms with Gasteiger partial charge in [-0.3, -0.25) is 4.79 Å². The van der Waals surface area contributed by atoms with Crippen LogP contribution in [0.25, 0.3) is 0 Å². The number of hydrogen-bond donors (Lipinski definition) is 2. The van der Waals surface area contributed by atoms with Gasteiger partial charge in [-0.05, 0) is 24.3 Å². The number of primary amides is 1. The van der Waals surface area contributed by atoms with Crippen molar-refractivity contribution in [1.29, 1.82) is 5.26 Å². The molecular formula is C13H10ClN3OS. The molecule has 1 aromatic heterocycles. The van der Waals surface area contributed by atoms with Crippen LogP contribution in [0.3, 0.4) is 0 Å². The molecule has 0 aliphatic rings. The average molecular weight is 292 g/mol. The van der Waals surface area contributed by atoms with Crippen LogP contribution < -0.4 is 11.1 Å². The van der Waals surface area contributed by atoms with Crippen LogP contribution in [0.2, 0.25) is 5.02 Å². The summed E-state index contributed by atoms with van der Waals surface area (Å²) in [5.74, 6) is -0.427. The SMILES string of the molecule is N#Cc1ccc(NCc2cc(C(N)=O)cs2)cc1Cl. The summed E-state index contributed by atoms with van der Waals surface area (Å²) in [4.78, 5) is 12.0. The summed E-state index contributed by atoms with van der Waals surface area (Å²) in [5, 5.41) is 14.1. The van der Waals surface area contributed by atoms with E-state index in [1.807, 2.05) is 6.07 Å². The van der Waals surface area contributed by atoms with Crippen LogP contribution in [0.4, 0.5) is 5.69 Å². The zero-order valence-corrected chi connectivity index (χ0v) is 11.4. The predicted octanol–water partition coefficient (Wildman–Crippen LogP) is 2.98. The minimum absolute atomic E-state index is 0.413. The Balaban J connectivity index is 2.04. The maximum Gasteiger partial charge on any atom is 0.249 e. The summed E-state index contributed by atoms with van der Waals surface area (Å²) in [6.45, 7) is 0.570. The van der Waals surface area contributed by atoms with Gasteiger partial charge in [0.2, 0.25) is 5.91 Å². The first kappa shape index (κ1) is 13.4. The molecule has 6 heteroatoms. The van der Waals surface area contributed by atoms with E-state index in [0.29, 0.717) is 22.7 Å². The normalized spacial score (nSPS) is 9.89. The third-order valence-electron chi connectivity index (χ3n) is 2.49. The van der Waals surface area contributed by atoms with Crippen molar-refractivity contribution < 1.29 is 4.79 Å². The highest BCUT2D eigenvalue weighted by Crippen LogP contribution is 2.22. The Morgan fingerprint density at radius 1 is 1.47 bits per heavy atom. The van der Waals surface area contributed by atoms with Crippen molar-refractivity contribution in [2.45, 2.75) is 6.54 Å². The molecule has 0 saturated heterocycles. The molecule has 2 rings (SSSR count). The summed E-state index contributed by atoms with van der Waals surface area (Å²) in [6.07, 6.45) is 0. The lowest BCUT2D eigenvalue weighted by molar-refractivity contribution is 0.100. The Labute approximate surface area is 119 Å². The number of halogens is 1. The van der Waals surface area contributed by atoms with Crippen LogP contribution >= 0.6 is 22.9 Å². The van der Waals surface area contributed by atoms with Crippen molar-refractivity contribution in [3.05, 3.63) is 50.7 Å². The summed E-state index contributed by atoms with van der Waals surface area (Å²) >= 11 is 7.40. The molecule has 0 unspecified atom stereocenters. The maximum absolute atomic E-state index is 11.0. The number of amides is 1. The lowest BCUT2D eigenvalue weighted by Crippen LogP contribution is -2.09. The predicted molar refractivity (Wildman–Crippen MR) is 76.3 cm³/mol. The van der Waals surface area contributed by atoms with Crippen LogP contribution in [-0.4, -0.2) is 5.91 Å². The minimum Gasteiger partial charge on any atom is -0.380 e. The smallest absolute Gasteiger partial charge is 0.249 e. The highest BCUT2D eigenvalue weighted by molar-refractivity contribution is 7.10. The number of hydrogen-bond acceptors (Lipinski definition) is 4. The van der Waals surface area contributed by atoms with Gasteiger partial charge in [-0.25, -0.2) is 0 Å². The first-order valence-corrected chi connectivity index (χ1v) is 6.66. The number of carbonyl (C=O) groups is 1. The van der Waals surface area contributed by atoms with Crippen molar-refractivity contribution >= 4 is 34.5 Å². The Hall–Kier alpha value is -2.03. The fourth-order valence-corrected chi connectivity index (χ4v) is 2.54. The average Bonchev–Trinajstić information content (AvgIpc) is 2.85. The number of nitrogens with zero attached hydrogens (tertiary/aromatic N) is 1. The molecule has 0 spiro atoms. The van der Waals surface area contributed by atoms with Crippen molar-refractivity contribution in [3.63, 3.8) is 0 Å². The van der Waals surface area contributed by atoms with Crippen LogP contribution in [0.5, 0.6) is 0 Å². The number of carbonyl (C=O) groups excluding carboxylic acids is 1. The second-order valence-corrected chi connectivity index (χ2v) is 5.23. The summed E-state index contributed by atoms with van der Waals surface area (Å²) in [6, 6.07) is 8.90. The summed E-state index contributed by atoms with van der Waals surface area (Å²) < 4.78 is 0. The van der Waals surface area contributed by atoms with Crippen molar-refractivity contribution in [1.82, 2.24) is 0 Å². The van der Waals surface area contributed by atoms with Gasteiger partial charge in [0, 0.05) is 22.5 Å². The lowest BCUT2D eigenvalue weighted by Gasteiger charge is -2.05. The number of benzene rings is 1. The molecule has 4 nitrogen and oxygen atoms in total. The van der Waals surface area contributed by atoms with E-state index >= 15 is 0 Å². The number of nitriles is 1. The van der Waals surface area contributed by atoms with Gasteiger partial charge in [-0.15, -0.1) is 11.3 Å². The van der Waals surface area contributed by atoms with E-state index in [4.69, 9.17) is 22.6 Å². The van der Waals surface area contributed by atoms with Gasteiger partial charge in [0.25, 0.3) is 0 Å². The molecule has 1 heterocycles. The second-order valence-electron chi connectivity index (χ2n) is 3.83. The third kappa shape index (κ3) is 3.25. The van der Waals surface area contributed by atoms with Crippen molar-refractivity contribution in [3.8, 4) is 6.07 Å². The number of rotatable bonds is 4. The molecule has 2 aromatic rings. The summed E-state index contributed by atoms with van der Waals surface area (Å²) in [5.41, 5.74) is 6.96. The van der Waals surface area contributed by atoms with E-state index in [0.717, 1.165) is 10.6 Å². The number of thiophene rings is 1. The first-order chi connectivity index (χ1) is 9.10. The largest absolute Gasteiger partial charge is 0.380 e. The highest BCUT2D eigenvalue weighted by atomic mass is 35.5. The van der Waals surface area contributed by atoms with Crippen LogP contribution in [0, 0.1) is 11.3 Å². The Kier molecular flexibility index (Phi) is 4.05. The Bertz CT molecular complexity index is 660. The Morgan fingerprint density at radius 2 is 2.26 bits per heavy atom. The molecule has 19 heavy (non-hydrogen) atoms. The van der Waals surface area contributed by atoms with E-state index < -0.39 is 5.91 Å². The van der Waals surface area contributed by atoms with Gasteiger partial charge in [-0.2, -0.15) is 5.26 Å². The zero-order chi connectivity index (χ0) is 13.8. The lowest BCUT2D eigenvalue weighted by atomic mass is 10.2. The van der Waals surface area contributed by atoms with E-state index in [1.54, 1.807) is 29.6 Å². The molecule has 0 aliphatic carbocycles. The second kappa shape index (κ2) is 5.74. The molecule has 1 aromatic carbocycles. The minimum atomic E-state index is -0.427. The summed E-state index contributed by atoms with van der Waals surface area (Å²) in [7, 11) is 0. The molecule has 0 aliphatic heterocycles. The Morgan fingerprint density at radius 3 is 2.84 bits per heavy atom. The molecule has 3 N–H and O–H groups in total. The fourth-order valence-electron chi connectivity index (χ4n) is 1.51. The van der Waals surface area contributed by atoms with Gasteiger partial charge >= 0.3 is 0 Å². The monoisotopic (exact) mass is 291 g/mol. The van der Waals surface area contributed by atoms with E-state index in [1.165, 1.54) is 11.3 Å². The molecule has 0 atom stereocenters. The van der Waals surface area contributed by atoms with Crippen LogP contribution in [0.15, 0.2) is 29.6 Å². The van der Waals surface area contributed by atoms with E-state index in [-0.39, 0.29) is 0 Å². The van der Waals surface area contributed by atoms with Gasteiger partial charge < -0.3 is 11.1 Å². The molecule has 0 fully saturated rings.